The van der Waals surface area contributed by atoms with Crippen LogP contribution in [0.3, 0.4) is 0 Å². The average Bonchev–Trinajstić information content (AvgIpc) is 2.46. The lowest BCUT2D eigenvalue weighted by molar-refractivity contribution is -0.137. The Hall–Kier alpha value is -2.33. The van der Waals surface area contributed by atoms with Crippen LogP contribution >= 0.6 is 11.6 Å². The van der Waals surface area contributed by atoms with Crippen LogP contribution in [0.4, 0.5) is 19.0 Å². The minimum Gasteiger partial charge on any atom is -0.361 e. The smallest absolute Gasteiger partial charge is 0.361 e. The molecule has 8 heteroatoms. The normalized spacial score (nSPS) is 12.6. The number of hydrogen-bond acceptors (Lipinski definition) is 4. The second kappa shape index (κ2) is 6.42. The molecule has 0 unspecified atom stereocenters. The van der Waals surface area contributed by atoms with Crippen LogP contribution in [-0.2, 0) is 6.18 Å². The highest BCUT2D eigenvalue weighted by atomic mass is 35.5. The fraction of sp³-hybridized carbons (Fsp3) is 0.267. The van der Waals surface area contributed by atoms with Gasteiger partial charge in [-0.2, -0.15) is 18.4 Å². The number of alkyl halides is 3. The maximum atomic E-state index is 13.0. The summed E-state index contributed by atoms with van der Waals surface area (Å²) in [4.78, 5) is 8.00. The minimum atomic E-state index is -4.70. The van der Waals surface area contributed by atoms with Crippen LogP contribution in [0.5, 0.6) is 0 Å². The lowest BCUT2D eigenvalue weighted by atomic mass is 10.1. The topological polar surface area (TPSA) is 61.6 Å². The standard InChI is InChI=1S/C15H12ClF3N4/c1-8-3-4-12(21-7-8)9(2)22-14-10(6-20)11(15(17,18)19)5-13(16)23-14/h3-5,7,9H,1-2H3,(H,22,23)/t9-/m0/s1. The molecule has 2 rings (SSSR count). The minimum absolute atomic E-state index is 0.220. The van der Waals surface area contributed by atoms with E-state index in [1.54, 1.807) is 19.2 Å². The molecule has 2 heterocycles. The number of pyridine rings is 2. The number of hydrogen-bond donors (Lipinski definition) is 1. The van der Waals surface area contributed by atoms with Gasteiger partial charge in [-0.3, -0.25) is 4.98 Å². The lowest BCUT2D eigenvalue weighted by Gasteiger charge is -2.17. The summed E-state index contributed by atoms with van der Waals surface area (Å²) in [5, 5.41) is 11.5. The molecule has 1 atom stereocenters. The summed E-state index contributed by atoms with van der Waals surface area (Å²) in [6, 6.07) is 5.31. The maximum Gasteiger partial charge on any atom is 0.417 e. The predicted octanol–water partition coefficient (Wildman–Crippen LogP) is 4.50. The first-order valence-electron chi connectivity index (χ1n) is 6.59. The van der Waals surface area contributed by atoms with E-state index in [0.717, 1.165) is 5.56 Å². The molecule has 0 aromatic carbocycles. The number of nitrogens with zero attached hydrogens (tertiary/aromatic N) is 3. The third kappa shape index (κ3) is 3.90. The number of aryl methyl sites for hydroxylation is 1. The van der Waals surface area contributed by atoms with Crippen molar-refractivity contribution in [2.45, 2.75) is 26.1 Å². The van der Waals surface area contributed by atoms with E-state index in [2.05, 4.69) is 15.3 Å². The van der Waals surface area contributed by atoms with Crippen LogP contribution in [-0.4, -0.2) is 9.97 Å². The maximum absolute atomic E-state index is 13.0. The summed E-state index contributed by atoms with van der Waals surface area (Å²) in [7, 11) is 0. The van der Waals surface area contributed by atoms with E-state index in [1.165, 1.54) is 6.07 Å². The molecular formula is C15H12ClF3N4. The zero-order chi connectivity index (χ0) is 17.2. The van der Waals surface area contributed by atoms with Crippen LogP contribution in [0, 0.1) is 18.3 Å². The third-order valence-corrected chi connectivity index (χ3v) is 3.33. The van der Waals surface area contributed by atoms with Crippen molar-refractivity contribution in [2.75, 3.05) is 5.32 Å². The molecule has 0 saturated carbocycles. The molecule has 0 bridgehead atoms. The van der Waals surface area contributed by atoms with E-state index in [0.29, 0.717) is 11.8 Å². The second-order valence-electron chi connectivity index (χ2n) is 4.95. The summed E-state index contributed by atoms with van der Waals surface area (Å²) in [5.74, 6) is -0.220. The Balaban J connectivity index is 2.41. The molecule has 23 heavy (non-hydrogen) atoms. The zero-order valence-corrected chi connectivity index (χ0v) is 13.0. The summed E-state index contributed by atoms with van der Waals surface area (Å²) in [6.45, 7) is 3.57. The number of anilines is 1. The molecule has 0 aliphatic heterocycles. The Morgan fingerprint density at radius 1 is 1.35 bits per heavy atom. The summed E-state index contributed by atoms with van der Waals surface area (Å²) in [5.41, 5.74) is -0.152. The van der Waals surface area contributed by atoms with Crippen molar-refractivity contribution >= 4 is 17.4 Å². The van der Waals surface area contributed by atoms with Crippen LogP contribution < -0.4 is 5.32 Å². The van der Waals surface area contributed by atoms with Crippen LogP contribution in [0.15, 0.2) is 24.4 Å². The van der Waals surface area contributed by atoms with E-state index in [9.17, 15) is 13.2 Å². The first kappa shape index (κ1) is 17.0. The van der Waals surface area contributed by atoms with Gasteiger partial charge in [0.05, 0.1) is 17.3 Å². The summed E-state index contributed by atoms with van der Waals surface area (Å²) < 4.78 is 39.1. The number of nitriles is 1. The second-order valence-corrected chi connectivity index (χ2v) is 5.34. The first-order valence-corrected chi connectivity index (χ1v) is 6.97. The SMILES string of the molecule is Cc1ccc([C@H](C)Nc2nc(Cl)cc(C(F)(F)F)c2C#N)nc1. The van der Waals surface area contributed by atoms with E-state index in [-0.39, 0.29) is 11.0 Å². The quantitative estimate of drug-likeness (QED) is 0.835. The van der Waals surface area contributed by atoms with E-state index >= 15 is 0 Å². The summed E-state index contributed by atoms with van der Waals surface area (Å²) in [6.07, 6.45) is -3.05. The van der Waals surface area contributed by atoms with Crippen molar-refractivity contribution in [3.05, 3.63) is 51.9 Å². The Morgan fingerprint density at radius 2 is 2.04 bits per heavy atom. The first-order chi connectivity index (χ1) is 10.7. The Morgan fingerprint density at radius 3 is 2.57 bits per heavy atom. The zero-order valence-electron chi connectivity index (χ0n) is 12.2. The fourth-order valence-electron chi connectivity index (χ4n) is 1.97. The molecule has 0 radical (unpaired) electrons. The van der Waals surface area contributed by atoms with Crippen molar-refractivity contribution in [1.82, 2.24) is 9.97 Å². The van der Waals surface area contributed by atoms with E-state index < -0.39 is 23.3 Å². The van der Waals surface area contributed by atoms with Gasteiger partial charge < -0.3 is 5.32 Å². The van der Waals surface area contributed by atoms with Gasteiger partial charge in [0.1, 0.15) is 22.6 Å². The largest absolute Gasteiger partial charge is 0.417 e. The van der Waals surface area contributed by atoms with Crippen LogP contribution in [0.25, 0.3) is 0 Å². The van der Waals surface area contributed by atoms with Gasteiger partial charge in [-0.15, -0.1) is 0 Å². The van der Waals surface area contributed by atoms with Gasteiger partial charge in [-0.1, -0.05) is 17.7 Å². The van der Waals surface area contributed by atoms with Gasteiger partial charge in [-0.05, 0) is 31.5 Å². The highest BCUT2D eigenvalue weighted by Gasteiger charge is 2.36. The average molecular weight is 341 g/mol. The van der Waals surface area contributed by atoms with Crippen molar-refractivity contribution in [1.29, 1.82) is 5.26 Å². The molecule has 2 aromatic rings. The molecular weight excluding hydrogens is 329 g/mol. The van der Waals surface area contributed by atoms with E-state index in [1.807, 2.05) is 13.0 Å². The van der Waals surface area contributed by atoms with Gasteiger partial charge in [0.2, 0.25) is 0 Å². The number of nitrogens with one attached hydrogen (secondary N) is 1. The van der Waals surface area contributed by atoms with Crippen molar-refractivity contribution in [3.8, 4) is 6.07 Å². The highest BCUT2D eigenvalue weighted by Crippen LogP contribution is 2.36. The van der Waals surface area contributed by atoms with Gasteiger partial charge in [0.15, 0.2) is 0 Å². The van der Waals surface area contributed by atoms with Gasteiger partial charge in [-0.25, -0.2) is 4.98 Å². The third-order valence-electron chi connectivity index (χ3n) is 3.14. The molecule has 1 N–H and O–H groups in total. The molecule has 120 valence electrons. The van der Waals surface area contributed by atoms with Crippen LogP contribution in [0.2, 0.25) is 5.15 Å². The van der Waals surface area contributed by atoms with E-state index in [4.69, 9.17) is 16.9 Å². The highest BCUT2D eigenvalue weighted by molar-refractivity contribution is 6.29. The Labute approximate surface area is 135 Å². The lowest BCUT2D eigenvalue weighted by Crippen LogP contribution is -2.15. The predicted molar refractivity (Wildman–Crippen MR) is 80.0 cm³/mol. The molecule has 2 aromatic heterocycles. The van der Waals surface area contributed by atoms with Crippen molar-refractivity contribution in [2.24, 2.45) is 0 Å². The Bertz CT molecular complexity index is 751. The number of halogens is 4. The van der Waals surface area contributed by atoms with Gasteiger partial charge >= 0.3 is 6.18 Å². The fourth-order valence-corrected chi connectivity index (χ4v) is 2.16. The van der Waals surface area contributed by atoms with Crippen molar-refractivity contribution < 1.29 is 13.2 Å². The molecule has 0 aliphatic rings. The molecule has 0 fully saturated rings. The monoisotopic (exact) mass is 340 g/mol. The van der Waals surface area contributed by atoms with Gasteiger partial charge in [0, 0.05) is 6.20 Å². The molecule has 0 spiro atoms. The molecule has 0 saturated heterocycles. The Kier molecular flexibility index (Phi) is 4.76. The van der Waals surface area contributed by atoms with Crippen LogP contribution in [0.1, 0.15) is 35.3 Å². The molecule has 4 nitrogen and oxygen atoms in total. The summed E-state index contributed by atoms with van der Waals surface area (Å²) >= 11 is 5.66. The van der Waals surface area contributed by atoms with Crippen molar-refractivity contribution in [3.63, 3.8) is 0 Å². The van der Waals surface area contributed by atoms with Gasteiger partial charge in [0.25, 0.3) is 0 Å². The molecule has 0 amide bonds. The molecule has 0 aliphatic carbocycles. The number of rotatable bonds is 3. The number of aromatic nitrogens is 2.